The molecule has 0 unspecified atom stereocenters. The third-order valence-electron chi connectivity index (χ3n) is 1.68. The maximum absolute atomic E-state index is 13.2. The molecule has 0 fully saturated rings. The largest absolute Gasteiger partial charge is 0.395 e. The van der Waals surface area contributed by atoms with Crippen molar-refractivity contribution in [2.75, 3.05) is 0 Å². The van der Waals surface area contributed by atoms with Crippen molar-refractivity contribution < 1.29 is 34.9 Å². The first-order valence-electron chi connectivity index (χ1n) is 3.93. The average Bonchev–Trinajstić information content (AvgIpc) is 2.44. The lowest BCUT2D eigenvalue weighted by Gasteiger charge is -2.18. The van der Waals surface area contributed by atoms with Gasteiger partial charge in [-0.1, -0.05) is 0 Å². The summed E-state index contributed by atoms with van der Waals surface area (Å²) in [6, 6.07) is 0.541. The first kappa shape index (κ1) is 14.3. The molecule has 0 aliphatic rings. The van der Waals surface area contributed by atoms with Gasteiger partial charge in [-0.25, -0.2) is 8.78 Å². The molecule has 0 radical (unpaired) electrons. The van der Waals surface area contributed by atoms with Gasteiger partial charge < -0.3 is 0 Å². The zero-order valence-electron chi connectivity index (χ0n) is 7.83. The van der Waals surface area contributed by atoms with Gasteiger partial charge in [0.2, 0.25) is 0 Å². The van der Waals surface area contributed by atoms with Crippen molar-refractivity contribution >= 4 is 21.5 Å². The Morgan fingerprint density at radius 1 is 1.24 bits per heavy atom. The summed E-state index contributed by atoms with van der Waals surface area (Å²) in [7, 11) is -4.96. The third kappa shape index (κ3) is 3.61. The topological polar surface area (TPSA) is 54.4 Å². The predicted octanol–water partition coefficient (Wildman–Crippen LogP) is 3.04. The summed E-state index contributed by atoms with van der Waals surface area (Å²) in [5.41, 5.74) is -1.35. The van der Waals surface area contributed by atoms with Crippen molar-refractivity contribution in [3.05, 3.63) is 17.0 Å². The molecule has 1 N–H and O–H groups in total. The lowest BCUT2D eigenvalue weighted by molar-refractivity contribution is -0.191. The number of halogens is 5. The Kier molecular flexibility index (Phi) is 3.52. The molecule has 0 aromatic carbocycles. The molecule has 0 atom stereocenters. The van der Waals surface area contributed by atoms with Gasteiger partial charge in [0.15, 0.2) is 4.21 Å². The van der Waals surface area contributed by atoms with Gasteiger partial charge >= 0.3 is 16.3 Å². The van der Waals surface area contributed by atoms with Crippen molar-refractivity contribution in [2.45, 2.75) is 22.7 Å². The molecule has 17 heavy (non-hydrogen) atoms. The summed E-state index contributed by atoms with van der Waals surface area (Å²) in [5, 5.41) is 0.864. The van der Waals surface area contributed by atoms with Crippen LogP contribution in [-0.4, -0.2) is 19.1 Å². The standard InChI is InChI=1S/C7H5F5O3S2/c8-6(9,3-7(10,11)12)4-1-2-16-5(4)17(13,14)15/h1-2H,3H2,(H,13,14,15). The molecule has 1 aromatic rings. The van der Waals surface area contributed by atoms with E-state index < -0.39 is 38.4 Å². The van der Waals surface area contributed by atoms with Crippen molar-refractivity contribution in [2.24, 2.45) is 0 Å². The van der Waals surface area contributed by atoms with Crippen LogP contribution >= 0.6 is 11.3 Å². The molecule has 0 bridgehead atoms. The zero-order valence-corrected chi connectivity index (χ0v) is 9.46. The normalized spacial score (nSPS) is 14.0. The molecule has 1 rings (SSSR count). The van der Waals surface area contributed by atoms with Crippen LogP contribution in [0, 0.1) is 0 Å². The summed E-state index contributed by atoms with van der Waals surface area (Å²) in [6.45, 7) is 0. The molecule has 1 aromatic heterocycles. The van der Waals surface area contributed by atoms with Gasteiger partial charge in [0.1, 0.15) is 6.42 Å². The summed E-state index contributed by atoms with van der Waals surface area (Å²) in [5.74, 6) is -4.40. The number of alkyl halides is 5. The first-order valence-corrected chi connectivity index (χ1v) is 6.25. The quantitative estimate of drug-likeness (QED) is 0.689. The molecule has 1 heterocycles. The van der Waals surface area contributed by atoms with Crippen molar-refractivity contribution in [1.82, 2.24) is 0 Å². The SMILES string of the molecule is O=S(=O)(O)c1sccc1C(F)(F)CC(F)(F)F. The summed E-state index contributed by atoms with van der Waals surface area (Å²) < 4.78 is 90.8. The van der Waals surface area contributed by atoms with E-state index in [1.165, 1.54) is 0 Å². The molecule has 3 nitrogen and oxygen atoms in total. The minimum absolute atomic E-state index is 0.224. The van der Waals surface area contributed by atoms with Crippen LogP contribution in [0.5, 0.6) is 0 Å². The van der Waals surface area contributed by atoms with Gasteiger partial charge in [-0.2, -0.15) is 21.6 Å². The smallest absolute Gasteiger partial charge is 0.281 e. The number of thiophene rings is 1. The summed E-state index contributed by atoms with van der Waals surface area (Å²) in [6.07, 6.45) is -7.64. The third-order valence-corrected chi connectivity index (χ3v) is 4.00. The molecular formula is C7H5F5O3S2. The van der Waals surface area contributed by atoms with Crippen molar-refractivity contribution in [3.8, 4) is 0 Å². The monoisotopic (exact) mass is 296 g/mol. The molecule has 0 aliphatic carbocycles. The fourth-order valence-corrected chi connectivity index (χ4v) is 2.93. The van der Waals surface area contributed by atoms with E-state index in [4.69, 9.17) is 4.55 Å². The molecule has 10 heteroatoms. The highest BCUT2D eigenvalue weighted by molar-refractivity contribution is 7.88. The lowest BCUT2D eigenvalue weighted by Crippen LogP contribution is -2.24. The van der Waals surface area contributed by atoms with E-state index >= 15 is 0 Å². The molecule has 0 amide bonds. The Morgan fingerprint density at radius 3 is 2.18 bits per heavy atom. The summed E-state index contributed by atoms with van der Waals surface area (Å²) in [4.78, 5) is 0. The van der Waals surface area contributed by atoms with E-state index in [0.29, 0.717) is 6.07 Å². The lowest BCUT2D eigenvalue weighted by atomic mass is 10.1. The second kappa shape index (κ2) is 4.18. The van der Waals surface area contributed by atoms with E-state index in [1.54, 1.807) is 0 Å². The Morgan fingerprint density at radius 2 is 1.76 bits per heavy atom. The van der Waals surface area contributed by atoms with E-state index in [1.807, 2.05) is 0 Å². The second-order valence-electron chi connectivity index (χ2n) is 3.09. The van der Waals surface area contributed by atoms with Gasteiger partial charge in [-0.15, -0.1) is 11.3 Å². The van der Waals surface area contributed by atoms with E-state index in [9.17, 15) is 30.4 Å². The predicted molar refractivity (Wildman–Crippen MR) is 48.7 cm³/mol. The first-order chi connectivity index (χ1) is 7.43. The Bertz CT molecular complexity index is 502. The van der Waals surface area contributed by atoms with Gasteiger partial charge in [0, 0.05) is 0 Å². The Labute approximate surface area is 96.6 Å². The Balaban J connectivity index is 3.21. The van der Waals surface area contributed by atoms with E-state index in [-0.39, 0.29) is 11.3 Å². The van der Waals surface area contributed by atoms with Crippen LogP contribution in [0.3, 0.4) is 0 Å². The van der Waals surface area contributed by atoms with Gasteiger partial charge in [0.05, 0.1) is 5.56 Å². The zero-order chi connectivity index (χ0) is 13.5. The maximum Gasteiger partial charge on any atom is 0.395 e. The van der Waals surface area contributed by atoms with Gasteiger partial charge in [0.25, 0.3) is 5.92 Å². The van der Waals surface area contributed by atoms with Gasteiger partial charge in [-0.05, 0) is 11.4 Å². The number of hydrogen-bond acceptors (Lipinski definition) is 3. The summed E-state index contributed by atoms with van der Waals surface area (Å²) >= 11 is 0.224. The van der Waals surface area contributed by atoms with Crippen LogP contribution in [-0.2, 0) is 16.0 Å². The minimum atomic E-state index is -5.15. The van der Waals surface area contributed by atoms with Crippen LogP contribution in [0.15, 0.2) is 15.7 Å². The average molecular weight is 296 g/mol. The van der Waals surface area contributed by atoms with E-state index in [0.717, 1.165) is 5.38 Å². The molecule has 0 saturated carbocycles. The highest BCUT2D eigenvalue weighted by atomic mass is 32.3. The van der Waals surface area contributed by atoms with Gasteiger partial charge in [-0.3, -0.25) is 4.55 Å². The highest BCUT2D eigenvalue weighted by Crippen LogP contribution is 2.43. The van der Waals surface area contributed by atoms with Crippen LogP contribution in [0.1, 0.15) is 12.0 Å². The fourth-order valence-electron chi connectivity index (χ4n) is 1.11. The van der Waals surface area contributed by atoms with Crippen LogP contribution in [0.25, 0.3) is 0 Å². The highest BCUT2D eigenvalue weighted by Gasteiger charge is 2.47. The maximum atomic E-state index is 13.2. The molecule has 0 spiro atoms. The Hall–Kier alpha value is -0.740. The van der Waals surface area contributed by atoms with Crippen molar-refractivity contribution in [1.29, 1.82) is 0 Å². The molecule has 0 saturated heterocycles. The van der Waals surface area contributed by atoms with E-state index in [2.05, 4.69) is 0 Å². The van der Waals surface area contributed by atoms with Crippen LogP contribution in [0.4, 0.5) is 22.0 Å². The molecular weight excluding hydrogens is 291 g/mol. The number of rotatable bonds is 3. The molecule has 0 aliphatic heterocycles. The second-order valence-corrected chi connectivity index (χ2v) is 5.63. The fraction of sp³-hybridized carbons (Fsp3) is 0.429. The van der Waals surface area contributed by atoms with Crippen LogP contribution < -0.4 is 0 Å². The molecule has 98 valence electrons. The van der Waals surface area contributed by atoms with Crippen molar-refractivity contribution in [3.63, 3.8) is 0 Å². The number of hydrogen-bond donors (Lipinski definition) is 1. The minimum Gasteiger partial charge on any atom is -0.281 e. The van der Waals surface area contributed by atoms with Crippen LogP contribution in [0.2, 0.25) is 0 Å².